The minimum absolute atomic E-state index is 0.172. The second-order valence-corrected chi connectivity index (χ2v) is 4.93. The number of nitrogens with zero attached hydrogens (tertiary/aromatic N) is 1. The number of amides is 2. The van der Waals surface area contributed by atoms with Crippen LogP contribution in [0.1, 0.15) is 23.6 Å². The Labute approximate surface area is 123 Å². The van der Waals surface area contributed by atoms with Gasteiger partial charge in [-0.2, -0.15) is 0 Å². The van der Waals surface area contributed by atoms with Crippen molar-refractivity contribution in [2.45, 2.75) is 19.1 Å². The quantitative estimate of drug-likeness (QED) is 0.811. The van der Waals surface area contributed by atoms with Gasteiger partial charge in [0.1, 0.15) is 6.61 Å². The van der Waals surface area contributed by atoms with Gasteiger partial charge in [0, 0.05) is 0 Å². The first-order chi connectivity index (χ1) is 10.3. The van der Waals surface area contributed by atoms with Crippen molar-refractivity contribution in [1.82, 2.24) is 4.90 Å². The number of imide groups is 1. The first-order valence-electron chi connectivity index (χ1n) is 6.83. The number of carbonyl (C=O) groups is 2. The summed E-state index contributed by atoms with van der Waals surface area (Å²) in [4.78, 5) is 25.0. The summed E-state index contributed by atoms with van der Waals surface area (Å²) in [5.41, 5.74) is 1.85. The molecule has 0 aromatic heterocycles. The Hall–Kier alpha value is -2.62. The molecule has 0 unspecified atom stereocenters. The summed E-state index contributed by atoms with van der Waals surface area (Å²) in [6, 6.07) is 18.7. The van der Waals surface area contributed by atoms with Crippen LogP contribution in [0.2, 0.25) is 0 Å². The maximum absolute atomic E-state index is 12.1. The molecule has 1 saturated heterocycles. The van der Waals surface area contributed by atoms with Crippen molar-refractivity contribution < 1.29 is 14.3 Å². The van der Waals surface area contributed by atoms with Crippen LogP contribution in [-0.2, 0) is 16.1 Å². The molecule has 1 aliphatic rings. The zero-order valence-corrected chi connectivity index (χ0v) is 11.4. The first kappa shape index (κ1) is 13.4. The molecular formula is C17H15NO3. The lowest BCUT2D eigenvalue weighted by Gasteiger charge is -2.37. The van der Waals surface area contributed by atoms with E-state index in [2.05, 4.69) is 0 Å². The van der Waals surface area contributed by atoms with Gasteiger partial charge in [0.15, 0.2) is 0 Å². The molecule has 2 amide bonds. The average Bonchev–Trinajstić information content (AvgIpc) is 2.52. The number of ether oxygens (including phenoxy) is 1. The Morgan fingerprint density at radius 1 is 1.05 bits per heavy atom. The maximum Gasteiger partial charge on any atom is 0.417 e. The van der Waals surface area contributed by atoms with E-state index in [4.69, 9.17) is 4.74 Å². The van der Waals surface area contributed by atoms with Crippen molar-refractivity contribution in [3.05, 3.63) is 71.8 Å². The smallest absolute Gasteiger partial charge is 0.417 e. The third kappa shape index (κ3) is 2.79. The van der Waals surface area contributed by atoms with E-state index in [1.165, 1.54) is 4.90 Å². The molecule has 4 nitrogen and oxygen atoms in total. The summed E-state index contributed by atoms with van der Waals surface area (Å²) in [6.07, 6.45) is -0.228. The van der Waals surface area contributed by atoms with Crippen molar-refractivity contribution in [1.29, 1.82) is 0 Å². The molecule has 0 bridgehead atoms. The Morgan fingerprint density at radius 2 is 1.67 bits per heavy atom. The van der Waals surface area contributed by atoms with Crippen LogP contribution >= 0.6 is 0 Å². The van der Waals surface area contributed by atoms with Gasteiger partial charge in [0.2, 0.25) is 5.91 Å². The van der Waals surface area contributed by atoms with Gasteiger partial charge in [-0.05, 0) is 11.1 Å². The molecular weight excluding hydrogens is 266 g/mol. The monoisotopic (exact) mass is 281 g/mol. The number of rotatable bonds is 3. The molecule has 0 N–H and O–H groups in total. The minimum Gasteiger partial charge on any atom is -0.444 e. The van der Waals surface area contributed by atoms with Gasteiger partial charge in [-0.1, -0.05) is 60.7 Å². The highest BCUT2D eigenvalue weighted by Crippen LogP contribution is 2.34. The molecule has 0 radical (unpaired) electrons. The van der Waals surface area contributed by atoms with Crippen molar-refractivity contribution in [2.75, 3.05) is 0 Å². The Balaban J connectivity index is 1.65. The highest BCUT2D eigenvalue weighted by molar-refractivity contribution is 5.97. The number of carbonyl (C=O) groups excluding carboxylic acids is 2. The second kappa shape index (κ2) is 5.79. The number of benzene rings is 2. The molecule has 1 aliphatic heterocycles. The van der Waals surface area contributed by atoms with Gasteiger partial charge in [-0.3, -0.25) is 4.79 Å². The molecule has 0 spiro atoms. The van der Waals surface area contributed by atoms with Gasteiger partial charge in [-0.15, -0.1) is 0 Å². The van der Waals surface area contributed by atoms with Gasteiger partial charge in [-0.25, -0.2) is 9.69 Å². The zero-order chi connectivity index (χ0) is 14.7. The molecule has 21 heavy (non-hydrogen) atoms. The van der Waals surface area contributed by atoms with E-state index >= 15 is 0 Å². The van der Waals surface area contributed by atoms with Crippen LogP contribution in [0, 0.1) is 0 Å². The molecule has 1 fully saturated rings. The van der Waals surface area contributed by atoms with Gasteiger partial charge < -0.3 is 4.74 Å². The second-order valence-electron chi connectivity index (χ2n) is 4.93. The summed E-state index contributed by atoms with van der Waals surface area (Å²) >= 11 is 0. The fraction of sp³-hybridized carbons (Fsp3) is 0.176. The first-order valence-corrected chi connectivity index (χ1v) is 6.83. The SMILES string of the molecule is O=C1C[C@@H](c2ccccc2)N1C(=O)OCc1ccccc1. The van der Waals surface area contributed by atoms with Crippen molar-refractivity contribution in [3.8, 4) is 0 Å². The van der Waals surface area contributed by atoms with E-state index in [0.717, 1.165) is 11.1 Å². The van der Waals surface area contributed by atoms with Crippen LogP contribution in [0.5, 0.6) is 0 Å². The third-order valence-corrected chi connectivity index (χ3v) is 3.53. The Kier molecular flexibility index (Phi) is 3.69. The largest absolute Gasteiger partial charge is 0.444 e. The summed E-state index contributed by atoms with van der Waals surface area (Å²) in [7, 11) is 0. The number of likely N-dealkylation sites (tertiary alicyclic amines) is 1. The highest BCUT2D eigenvalue weighted by atomic mass is 16.6. The van der Waals surface area contributed by atoms with E-state index in [1.807, 2.05) is 60.7 Å². The molecule has 2 aromatic rings. The van der Waals surface area contributed by atoms with Crippen molar-refractivity contribution >= 4 is 12.0 Å². The molecule has 1 atom stereocenters. The topological polar surface area (TPSA) is 46.6 Å². The molecule has 3 rings (SSSR count). The van der Waals surface area contributed by atoms with Gasteiger partial charge in [0.25, 0.3) is 0 Å². The van der Waals surface area contributed by atoms with Crippen LogP contribution in [0.3, 0.4) is 0 Å². The maximum atomic E-state index is 12.1. The number of hydrogen-bond acceptors (Lipinski definition) is 3. The lowest BCUT2D eigenvalue weighted by Crippen LogP contribution is -2.50. The van der Waals surface area contributed by atoms with Crippen molar-refractivity contribution in [3.63, 3.8) is 0 Å². The molecule has 0 aliphatic carbocycles. The zero-order valence-electron chi connectivity index (χ0n) is 11.4. The molecule has 0 saturated carbocycles. The van der Waals surface area contributed by atoms with Gasteiger partial charge >= 0.3 is 6.09 Å². The predicted octanol–water partition coefficient (Wildman–Crippen LogP) is 3.30. The van der Waals surface area contributed by atoms with Gasteiger partial charge in [0.05, 0.1) is 12.5 Å². The van der Waals surface area contributed by atoms with Crippen LogP contribution in [-0.4, -0.2) is 16.9 Å². The van der Waals surface area contributed by atoms with E-state index in [-0.39, 0.29) is 18.6 Å². The van der Waals surface area contributed by atoms with E-state index in [9.17, 15) is 9.59 Å². The lowest BCUT2D eigenvalue weighted by molar-refractivity contribution is -0.143. The van der Waals surface area contributed by atoms with Crippen molar-refractivity contribution in [2.24, 2.45) is 0 Å². The van der Waals surface area contributed by atoms with E-state index in [0.29, 0.717) is 6.42 Å². The molecule has 1 heterocycles. The predicted molar refractivity (Wildman–Crippen MR) is 77.3 cm³/mol. The number of β-lactam (4-membered cyclic amide) rings is 1. The molecule has 2 aromatic carbocycles. The Bertz CT molecular complexity index is 640. The summed E-state index contributed by atoms with van der Waals surface area (Å²) in [6.45, 7) is 0.172. The fourth-order valence-corrected chi connectivity index (χ4v) is 2.38. The summed E-state index contributed by atoms with van der Waals surface area (Å²) in [5, 5.41) is 0. The van der Waals surface area contributed by atoms with Crippen LogP contribution < -0.4 is 0 Å². The standard InChI is InChI=1S/C17H15NO3/c19-16-11-15(14-9-5-2-6-10-14)18(16)17(20)21-12-13-7-3-1-4-8-13/h1-10,15H,11-12H2/t15-/m0/s1. The van der Waals surface area contributed by atoms with E-state index < -0.39 is 6.09 Å². The van der Waals surface area contributed by atoms with Crippen LogP contribution in [0.25, 0.3) is 0 Å². The fourth-order valence-electron chi connectivity index (χ4n) is 2.38. The molecule has 106 valence electrons. The van der Waals surface area contributed by atoms with Crippen LogP contribution in [0.15, 0.2) is 60.7 Å². The minimum atomic E-state index is -0.580. The average molecular weight is 281 g/mol. The lowest BCUT2D eigenvalue weighted by atomic mass is 9.95. The highest BCUT2D eigenvalue weighted by Gasteiger charge is 2.42. The Morgan fingerprint density at radius 3 is 2.29 bits per heavy atom. The van der Waals surface area contributed by atoms with E-state index in [1.54, 1.807) is 0 Å². The van der Waals surface area contributed by atoms with Crippen LogP contribution in [0.4, 0.5) is 4.79 Å². The third-order valence-electron chi connectivity index (χ3n) is 3.53. The summed E-state index contributed by atoms with van der Waals surface area (Å²) in [5.74, 6) is -0.193. The molecule has 4 heteroatoms. The summed E-state index contributed by atoms with van der Waals surface area (Å²) < 4.78 is 5.22. The normalized spacial score (nSPS) is 17.2. The number of hydrogen-bond donors (Lipinski definition) is 0.